The van der Waals surface area contributed by atoms with E-state index in [-0.39, 0.29) is 11.2 Å². The Morgan fingerprint density at radius 3 is 2.32 bits per heavy atom. The molecule has 0 fully saturated rings. The highest BCUT2D eigenvalue weighted by atomic mass is 16.5. The SMILES string of the molecule is CCCN(CCC)Cc1c(O)ccc2c(=O)c(-c3ccc(OC)cc3)coc12. The number of benzene rings is 2. The number of rotatable bonds is 8. The zero-order chi connectivity index (χ0) is 20.1. The first-order chi connectivity index (χ1) is 13.6. The maximum atomic E-state index is 13.1. The second-order valence-electron chi connectivity index (χ2n) is 6.92. The van der Waals surface area contributed by atoms with Crippen LogP contribution in [0.3, 0.4) is 0 Å². The lowest BCUT2D eigenvalue weighted by Crippen LogP contribution is -2.25. The molecule has 28 heavy (non-hydrogen) atoms. The standard InChI is InChI=1S/C23H27NO4/c1-4-12-24(13-5-2)14-19-21(25)11-10-18-22(26)20(15-28-23(18)19)16-6-8-17(27-3)9-7-16/h6-11,15,25H,4-5,12-14H2,1-3H3. The van der Waals surface area contributed by atoms with Crippen LogP contribution in [0.25, 0.3) is 22.1 Å². The molecule has 0 bridgehead atoms. The number of hydrogen-bond acceptors (Lipinski definition) is 5. The van der Waals surface area contributed by atoms with Crippen molar-refractivity contribution in [2.24, 2.45) is 0 Å². The Balaban J connectivity index is 2.06. The van der Waals surface area contributed by atoms with Gasteiger partial charge in [-0.05, 0) is 55.8 Å². The number of hydrogen-bond donors (Lipinski definition) is 1. The Hall–Kier alpha value is -2.79. The molecule has 0 radical (unpaired) electrons. The zero-order valence-corrected chi connectivity index (χ0v) is 16.7. The van der Waals surface area contributed by atoms with Gasteiger partial charge in [0, 0.05) is 6.54 Å². The van der Waals surface area contributed by atoms with E-state index in [1.54, 1.807) is 19.2 Å². The molecule has 0 aliphatic rings. The molecular weight excluding hydrogens is 354 g/mol. The number of phenols is 1. The largest absolute Gasteiger partial charge is 0.507 e. The van der Waals surface area contributed by atoms with Crippen molar-refractivity contribution in [3.63, 3.8) is 0 Å². The number of aromatic hydroxyl groups is 1. The maximum Gasteiger partial charge on any atom is 0.200 e. The molecule has 0 amide bonds. The molecule has 3 aromatic rings. The molecule has 0 saturated heterocycles. The number of ether oxygens (including phenoxy) is 1. The maximum absolute atomic E-state index is 13.1. The molecule has 3 rings (SSSR count). The summed E-state index contributed by atoms with van der Waals surface area (Å²) in [5.41, 5.74) is 2.28. The van der Waals surface area contributed by atoms with E-state index in [4.69, 9.17) is 9.15 Å². The Labute approximate surface area is 165 Å². The van der Waals surface area contributed by atoms with Crippen LogP contribution in [0.5, 0.6) is 11.5 Å². The molecule has 1 aromatic heterocycles. The summed E-state index contributed by atoms with van der Waals surface area (Å²) in [6, 6.07) is 10.5. The van der Waals surface area contributed by atoms with Crippen molar-refractivity contribution in [2.45, 2.75) is 33.2 Å². The fourth-order valence-electron chi connectivity index (χ4n) is 3.50. The van der Waals surface area contributed by atoms with E-state index in [1.807, 2.05) is 24.3 Å². The predicted octanol–water partition coefficient (Wildman–Crippen LogP) is 4.80. The summed E-state index contributed by atoms with van der Waals surface area (Å²) in [7, 11) is 1.60. The molecule has 2 aromatic carbocycles. The van der Waals surface area contributed by atoms with Crippen LogP contribution in [0.4, 0.5) is 0 Å². The van der Waals surface area contributed by atoms with Crippen molar-refractivity contribution in [2.75, 3.05) is 20.2 Å². The minimum absolute atomic E-state index is 0.106. The quantitative estimate of drug-likeness (QED) is 0.607. The first-order valence-corrected chi connectivity index (χ1v) is 9.72. The summed E-state index contributed by atoms with van der Waals surface area (Å²) >= 11 is 0. The molecule has 5 nitrogen and oxygen atoms in total. The van der Waals surface area contributed by atoms with Gasteiger partial charge in [-0.2, -0.15) is 0 Å². The van der Waals surface area contributed by atoms with E-state index in [2.05, 4.69) is 18.7 Å². The van der Waals surface area contributed by atoms with E-state index in [0.29, 0.717) is 28.6 Å². The zero-order valence-electron chi connectivity index (χ0n) is 16.7. The number of fused-ring (bicyclic) bond motifs is 1. The van der Waals surface area contributed by atoms with E-state index < -0.39 is 0 Å². The van der Waals surface area contributed by atoms with E-state index in [1.165, 1.54) is 6.26 Å². The normalized spacial score (nSPS) is 11.3. The van der Waals surface area contributed by atoms with Crippen molar-refractivity contribution in [3.05, 3.63) is 58.4 Å². The Morgan fingerprint density at radius 2 is 1.71 bits per heavy atom. The molecule has 0 spiro atoms. The summed E-state index contributed by atoms with van der Waals surface area (Å²) < 4.78 is 11.1. The lowest BCUT2D eigenvalue weighted by atomic mass is 10.0. The molecule has 148 valence electrons. The van der Waals surface area contributed by atoms with Crippen LogP contribution in [0, 0.1) is 0 Å². The van der Waals surface area contributed by atoms with Crippen LogP contribution >= 0.6 is 0 Å². The Kier molecular flexibility index (Phi) is 6.37. The van der Waals surface area contributed by atoms with Gasteiger partial charge in [0.05, 0.1) is 23.6 Å². The van der Waals surface area contributed by atoms with E-state index in [0.717, 1.165) is 37.2 Å². The highest BCUT2D eigenvalue weighted by Crippen LogP contribution is 2.29. The minimum atomic E-state index is -0.106. The van der Waals surface area contributed by atoms with Gasteiger partial charge in [-0.3, -0.25) is 9.69 Å². The second-order valence-corrected chi connectivity index (χ2v) is 6.92. The molecule has 0 saturated carbocycles. The van der Waals surface area contributed by atoms with Crippen LogP contribution in [0.2, 0.25) is 0 Å². The average molecular weight is 381 g/mol. The van der Waals surface area contributed by atoms with Crippen molar-refractivity contribution in [1.29, 1.82) is 0 Å². The van der Waals surface area contributed by atoms with E-state index in [9.17, 15) is 9.90 Å². The average Bonchev–Trinajstić information content (AvgIpc) is 2.71. The van der Waals surface area contributed by atoms with Crippen molar-refractivity contribution in [1.82, 2.24) is 4.90 Å². The van der Waals surface area contributed by atoms with Crippen LogP contribution < -0.4 is 10.2 Å². The molecule has 0 aliphatic carbocycles. The molecule has 1 heterocycles. The third-order valence-corrected chi connectivity index (χ3v) is 4.88. The van der Waals surface area contributed by atoms with Gasteiger partial charge in [0.25, 0.3) is 0 Å². The predicted molar refractivity (Wildman–Crippen MR) is 112 cm³/mol. The molecule has 0 atom stereocenters. The van der Waals surface area contributed by atoms with Crippen LogP contribution in [-0.2, 0) is 6.54 Å². The summed E-state index contributed by atoms with van der Waals surface area (Å²) in [5, 5.41) is 10.9. The van der Waals surface area contributed by atoms with Crippen LogP contribution in [0.15, 0.2) is 51.9 Å². The second kappa shape index (κ2) is 8.93. The van der Waals surface area contributed by atoms with Gasteiger partial charge < -0.3 is 14.3 Å². The highest BCUT2D eigenvalue weighted by Gasteiger charge is 2.17. The smallest absolute Gasteiger partial charge is 0.200 e. The minimum Gasteiger partial charge on any atom is -0.507 e. The van der Waals surface area contributed by atoms with Crippen molar-refractivity contribution in [3.8, 4) is 22.6 Å². The third-order valence-electron chi connectivity index (χ3n) is 4.88. The first kappa shape index (κ1) is 20.0. The van der Waals surface area contributed by atoms with E-state index >= 15 is 0 Å². The highest BCUT2D eigenvalue weighted by molar-refractivity contribution is 5.85. The number of methoxy groups -OCH3 is 1. The molecule has 5 heteroatoms. The molecule has 1 N–H and O–H groups in total. The monoisotopic (exact) mass is 381 g/mol. The molecular formula is C23H27NO4. The number of nitrogens with zero attached hydrogens (tertiary/aromatic N) is 1. The number of phenolic OH excluding ortho intramolecular Hbond substituents is 1. The van der Waals surface area contributed by atoms with Gasteiger partial charge in [-0.1, -0.05) is 26.0 Å². The summed E-state index contributed by atoms with van der Waals surface area (Å²) in [5.74, 6) is 0.887. The topological polar surface area (TPSA) is 62.9 Å². The van der Waals surface area contributed by atoms with Gasteiger partial charge in [-0.25, -0.2) is 0 Å². The van der Waals surface area contributed by atoms with Gasteiger partial charge in [0.1, 0.15) is 23.3 Å². The fourth-order valence-corrected chi connectivity index (χ4v) is 3.50. The van der Waals surface area contributed by atoms with Crippen molar-refractivity contribution < 1.29 is 14.3 Å². The Morgan fingerprint density at radius 1 is 1.04 bits per heavy atom. The van der Waals surface area contributed by atoms with Gasteiger partial charge in [0.15, 0.2) is 0 Å². The summed E-state index contributed by atoms with van der Waals surface area (Å²) in [6.07, 6.45) is 3.54. The van der Waals surface area contributed by atoms with Crippen LogP contribution in [0.1, 0.15) is 32.3 Å². The van der Waals surface area contributed by atoms with Gasteiger partial charge >= 0.3 is 0 Å². The lowest BCUT2D eigenvalue weighted by Gasteiger charge is -2.22. The first-order valence-electron chi connectivity index (χ1n) is 9.72. The summed E-state index contributed by atoms with van der Waals surface area (Å²) in [6.45, 7) is 6.67. The van der Waals surface area contributed by atoms with Crippen LogP contribution in [-0.4, -0.2) is 30.2 Å². The Bertz CT molecular complexity index is 986. The summed E-state index contributed by atoms with van der Waals surface area (Å²) in [4.78, 5) is 15.4. The van der Waals surface area contributed by atoms with Gasteiger partial charge in [-0.15, -0.1) is 0 Å². The molecule has 0 unspecified atom stereocenters. The van der Waals surface area contributed by atoms with Gasteiger partial charge in [0.2, 0.25) is 5.43 Å². The molecule has 0 aliphatic heterocycles. The fraction of sp³-hybridized carbons (Fsp3) is 0.348. The third kappa shape index (κ3) is 4.04. The lowest BCUT2D eigenvalue weighted by molar-refractivity contribution is 0.262. The van der Waals surface area contributed by atoms with Crippen molar-refractivity contribution >= 4 is 11.0 Å².